The Kier molecular flexibility index (Phi) is 5.58. The van der Waals surface area contributed by atoms with E-state index in [0.29, 0.717) is 12.5 Å². The van der Waals surface area contributed by atoms with E-state index < -0.39 is 0 Å². The normalized spacial score (nSPS) is 14.6. The molecule has 1 fully saturated rings. The molecule has 27 heavy (non-hydrogen) atoms. The van der Waals surface area contributed by atoms with E-state index in [1.807, 2.05) is 30.5 Å². The molecule has 4 rings (SSSR count). The maximum absolute atomic E-state index is 4.82. The van der Waals surface area contributed by atoms with E-state index in [2.05, 4.69) is 39.5 Å². The van der Waals surface area contributed by atoms with Crippen molar-refractivity contribution in [3.8, 4) is 11.3 Å². The fourth-order valence-electron chi connectivity index (χ4n) is 3.42. The van der Waals surface area contributed by atoms with Gasteiger partial charge in [0, 0.05) is 43.7 Å². The molecule has 1 aromatic carbocycles. The smallest absolute Gasteiger partial charge is 0.225 e. The number of hydrogen-bond acceptors (Lipinski definition) is 5. The van der Waals surface area contributed by atoms with Crippen LogP contribution in [0.1, 0.15) is 31.2 Å². The summed E-state index contributed by atoms with van der Waals surface area (Å²) in [6.45, 7) is 2.78. The Morgan fingerprint density at radius 2 is 1.70 bits per heavy atom. The van der Waals surface area contributed by atoms with E-state index in [4.69, 9.17) is 9.97 Å². The molecule has 1 aliphatic rings. The highest BCUT2D eigenvalue weighted by Gasteiger charge is 2.14. The topological polar surface area (TPSA) is 53.9 Å². The lowest BCUT2D eigenvalue weighted by atomic mass is 10.1. The van der Waals surface area contributed by atoms with Crippen LogP contribution in [0.2, 0.25) is 0 Å². The molecule has 138 valence electrons. The molecule has 0 unspecified atom stereocenters. The Morgan fingerprint density at radius 1 is 0.889 bits per heavy atom. The van der Waals surface area contributed by atoms with Crippen LogP contribution in [0.15, 0.2) is 60.9 Å². The minimum atomic E-state index is 0.658. The third-order valence-electron chi connectivity index (χ3n) is 4.89. The molecule has 3 aromatic rings. The van der Waals surface area contributed by atoms with E-state index in [0.717, 1.165) is 35.7 Å². The summed E-state index contributed by atoms with van der Waals surface area (Å²) in [7, 11) is 0. The summed E-state index contributed by atoms with van der Waals surface area (Å²) in [5.74, 6) is 1.68. The summed E-state index contributed by atoms with van der Waals surface area (Å²) in [4.78, 5) is 16.2. The minimum Gasteiger partial charge on any atom is -0.356 e. The number of nitrogens with one attached hydrogen (secondary N) is 1. The second-order valence-corrected chi connectivity index (χ2v) is 6.92. The number of nitrogens with zero attached hydrogens (tertiary/aromatic N) is 4. The molecule has 1 N–H and O–H groups in total. The molecule has 2 aromatic heterocycles. The highest BCUT2D eigenvalue weighted by Crippen LogP contribution is 2.25. The van der Waals surface area contributed by atoms with Gasteiger partial charge in [-0.05, 0) is 24.5 Å². The molecule has 1 aliphatic heterocycles. The maximum Gasteiger partial charge on any atom is 0.225 e. The van der Waals surface area contributed by atoms with Crippen LogP contribution in [-0.2, 0) is 6.54 Å². The van der Waals surface area contributed by atoms with Gasteiger partial charge in [0.25, 0.3) is 0 Å². The summed E-state index contributed by atoms with van der Waals surface area (Å²) >= 11 is 0. The van der Waals surface area contributed by atoms with Crippen molar-refractivity contribution in [1.82, 2.24) is 15.0 Å². The van der Waals surface area contributed by atoms with Crippen molar-refractivity contribution >= 4 is 11.8 Å². The average molecular weight is 359 g/mol. The Labute approximate surface area is 160 Å². The molecule has 3 heterocycles. The van der Waals surface area contributed by atoms with Crippen LogP contribution in [-0.4, -0.2) is 28.0 Å². The van der Waals surface area contributed by atoms with Gasteiger partial charge in [0.15, 0.2) is 0 Å². The van der Waals surface area contributed by atoms with Crippen LogP contribution in [0.5, 0.6) is 0 Å². The lowest BCUT2D eigenvalue weighted by Crippen LogP contribution is -2.25. The molecule has 0 saturated carbocycles. The lowest BCUT2D eigenvalue weighted by Gasteiger charge is -2.22. The molecule has 0 aliphatic carbocycles. The highest BCUT2D eigenvalue weighted by atomic mass is 15.2. The van der Waals surface area contributed by atoms with E-state index in [1.165, 1.54) is 25.7 Å². The summed E-state index contributed by atoms with van der Waals surface area (Å²) in [6.07, 6.45) is 8.71. The zero-order valence-corrected chi connectivity index (χ0v) is 15.5. The first-order valence-corrected chi connectivity index (χ1v) is 9.71. The Balaban J connectivity index is 1.63. The maximum atomic E-state index is 4.82. The molecule has 5 heteroatoms. The summed E-state index contributed by atoms with van der Waals surface area (Å²) in [5, 5.41) is 3.38. The van der Waals surface area contributed by atoms with Gasteiger partial charge in [-0.15, -0.1) is 0 Å². The Bertz CT molecular complexity index is 843. The molecule has 5 nitrogen and oxygen atoms in total. The molecular formula is C22H25N5. The third kappa shape index (κ3) is 4.61. The summed E-state index contributed by atoms with van der Waals surface area (Å²) in [6, 6.07) is 16.4. The number of pyridine rings is 1. The van der Waals surface area contributed by atoms with Gasteiger partial charge >= 0.3 is 0 Å². The number of rotatable bonds is 5. The van der Waals surface area contributed by atoms with Crippen molar-refractivity contribution in [2.75, 3.05) is 23.3 Å². The van der Waals surface area contributed by atoms with Crippen LogP contribution < -0.4 is 10.2 Å². The van der Waals surface area contributed by atoms with Crippen LogP contribution in [0, 0.1) is 0 Å². The predicted octanol–water partition coefficient (Wildman–Crippen LogP) is 4.53. The standard InChI is InChI=1S/C22H25N5/c1-2-7-14-27(13-6-1)21-15-20(19-10-4-3-5-11-19)25-22(26-21)24-17-18-9-8-12-23-16-18/h3-5,8-12,15-16H,1-2,6-7,13-14,17H2,(H,24,25,26). The van der Waals surface area contributed by atoms with Crippen LogP contribution in [0.4, 0.5) is 11.8 Å². The highest BCUT2D eigenvalue weighted by molar-refractivity contribution is 5.64. The molecular weight excluding hydrogens is 334 g/mol. The van der Waals surface area contributed by atoms with Crippen LogP contribution >= 0.6 is 0 Å². The predicted molar refractivity (Wildman–Crippen MR) is 110 cm³/mol. The van der Waals surface area contributed by atoms with Crippen molar-refractivity contribution in [2.24, 2.45) is 0 Å². The molecule has 1 saturated heterocycles. The lowest BCUT2D eigenvalue weighted by molar-refractivity contribution is 0.726. The fraction of sp³-hybridized carbons (Fsp3) is 0.318. The monoisotopic (exact) mass is 359 g/mol. The van der Waals surface area contributed by atoms with E-state index in [-0.39, 0.29) is 0 Å². The van der Waals surface area contributed by atoms with Crippen molar-refractivity contribution < 1.29 is 0 Å². The number of anilines is 2. The summed E-state index contributed by atoms with van der Waals surface area (Å²) in [5.41, 5.74) is 3.18. The number of benzene rings is 1. The minimum absolute atomic E-state index is 0.658. The first-order chi connectivity index (χ1) is 13.4. The van der Waals surface area contributed by atoms with Gasteiger partial charge in [-0.3, -0.25) is 4.98 Å². The number of hydrogen-bond donors (Lipinski definition) is 1. The largest absolute Gasteiger partial charge is 0.356 e. The van der Waals surface area contributed by atoms with Gasteiger partial charge in [0.2, 0.25) is 5.95 Å². The van der Waals surface area contributed by atoms with Gasteiger partial charge in [-0.2, -0.15) is 4.98 Å². The Morgan fingerprint density at radius 3 is 2.44 bits per heavy atom. The first kappa shape index (κ1) is 17.5. The third-order valence-corrected chi connectivity index (χ3v) is 4.89. The average Bonchev–Trinajstić information content (AvgIpc) is 3.03. The van der Waals surface area contributed by atoms with Gasteiger partial charge < -0.3 is 10.2 Å². The van der Waals surface area contributed by atoms with Crippen molar-refractivity contribution in [2.45, 2.75) is 32.2 Å². The van der Waals surface area contributed by atoms with Gasteiger partial charge in [-0.1, -0.05) is 49.2 Å². The SMILES string of the molecule is c1ccc(-c2cc(N3CCCCCC3)nc(NCc3cccnc3)n2)cc1. The van der Waals surface area contributed by atoms with Gasteiger partial charge in [0.1, 0.15) is 5.82 Å². The van der Waals surface area contributed by atoms with Crippen LogP contribution in [0.3, 0.4) is 0 Å². The molecule has 0 spiro atoms. The Hall–Kier alpha value is -2.95. The van der Waals surface area contributed by atoms with Crippen molar-refractivity contribution in [3.63, 3.8) is 0 Å². The van der Waals surface area contributed by atoms with E-state index >= 15 is 0 Å². The van der Waals surface area contributed by atoms with Gasteiger partial charge in [0.05, 0.1) is 5.69 Å². The molecule has 0 bridgehead atoms. The second kappa shape index (κ2) is 8.62. The molecule has 0 atom stereocenters. The molecule has 0 radical (unpaired) electrons. The zero-order valence-electron chi connectivity index (χ0n) is 15.5. The second-order valence-electron chi connectivity index (χ2n) is 6.92. The van der Waals surface area contributed by atoms with Crippen LogP contribution in [0.25, 0.3) is 11.3 Å². The fourth-order valence-corrected chi connectivity index (χ4v) is 3.42. The van der Waals surface area contributed by atoms with Crippen molar-refractivity contribution in [1.29, 1.82) is 0 Å². The summed E-state index contributed by atoms with van der Waals surface area (Å²) < 4.78 is 0. The van der Waals surface area contributed by atoms with E-state index in [1.54, 1.807) is 6.20 Å². The van der Waals surface area contributed by atoms with Gasteiger partial charge in [-0.25, -0.2) is 4.98 Å². The van der Waals surface area contributed by atoms with E-state index in [9.17, 15) is 0 Å². The van der Waals surface area contributed by atoms with Crippen molar-refractivity contribution in [3.05, 3.63) is 66.5 Å². The quantitative estimate of drug-likeness (QED) is 0.725. The molecule has 0 amide bonds. The first-order valence-electron chi connectivity index (χ1n) is 9.71. The number of aromatic nitrogens is 3. The zero-order chi connectivity index (χ0) is 18.3.